The summed E-state index contributed by atoms with van der Waals surface area (Å²) < 4.78 is 12.7. The Morgan fingerprint density at radius 1 is 1.04 bits per heavy atom. The number of benzene rings is 2. The van der Waals surface area contributed by atoms with E-state index in [4.69, 9.17) is 9.47 Å². The summed E-state index contributed by atoms with van der Waals surface area (Å²) in [4.78, 5) is 4.10. The van der Waals surface area contributed by atoms with Crippen molar-refractivity contribution in [3.8, 4) is 17.2 Å². The first kappa shape index (κ1) is 17.0. The molecule has 1 N–H and O–H groups in total. The van der Waals surface area contributed by atoms with Crippen LogP contribution in [0.5, 0.6) is 11.5 Å². The highest BCUT2D eigenvalue weighted by Gasteiger charge is 2.08. The second-order valence-corrected chi connectivity index (χ2v) is 5.88. The van der Waals surface area contributed by atoms with Gasteiger partial charge in [-0.15, -0.1) is 0 Å². The van der Waals surface area contributed by atoms with Gasteiger partial charge in [0.1, 0.15) is 0 Å². The smallest absolute Gasteiger partial charge is 0.161 e. The molecule has 0 saturated heterocycles. The lowest BCUT2D eigenvalue weighted by molar-refractivity contribution is 0.354. The summed E-state index contributed by atoms with van der Waals surface area (Å²) in [6, 6.07) is 12.5. The van der Waals surface area contributed by atoms with E-state index >= 15 is 0 Å². The molecule has 5 nitrogen and oxygen atoms in total. The molecular formula is C20H23N3O2. The van der Waals surface area contributed by atoms with Crippen LogP contribution in [0.25, 0.3) is 5.69 Å². The molecule has 0 bridgehead atoms. The van der Waals surface area contributed by atoms with Gasteiger partial charge in [-0.3, -0.25) is 0 Å². The van der Waals surface area contributed by atoms with Gasteiger partial charge in [0, 0.05) is 31.2 Å². The van der Waals surface area contributed by atoms with E-state index in [2.05, 4.69) is 41.5 Å². The molecule has 0 atom stereocenters. The van der Waals surface area contributed by atoms with E-state index in [1.54, 1.807) is 26.7 Å². The first-order chi connectivity index (χ1) is 12.2. The molecule has 0 radical (unpaired) electrons. The van der Waals surface area contributed by atoms with Crippen LogP contribution < -0.4 is 14.8 Å². The van der Waals surface area contributed by atoms with E-state index in [-0.39, 0.29) is 0 Å². The third kappa shape index (κ3) is 4.00. The molecule has 0 amide bonds. The molecule has 0 saturated carbocycles. The number of aromatic nitrogens is 2. The SMILES string of the molecule is COc1cc(C)c(CNCc2cccc(-n3ccnc3)c2)cc1OC. The van der Waals surface area contributed by atoms with Gasteiger partial charge in [0.2, 0.25) is 0 Å². The summed E-state index contributed by atoms with van der Waals surface area (Å²) in [6.07, 6.45) is 5.53. The number of ether oxygens (including phenoxy) is 2. The van der Waals surface area contributed by atoms with Crippen LogP contribution in [0.2, 0.25) is 0 Å². The number of nitrogens with one attached hydrogen (secondary N) is 1. The van der Waals surface area contributed by atoms with Crippen LogP contribution >= 0.6 is 0 Å². The van der Waals surface area contributed by atoms with Crippen LogP contribution in [0.3, 0.4) is 0 Å². The molecule has 130 valence electrons. The maximum atomic E-state index is 5.39. The standard InChI is InChI=1S/C20H23N3O2/c1-15-9-19(24-2)20(25-3)11-17(15)13-22-12-16-5-4-6-18(10-16)23-8-7-21-14-23/h4-11,14,22H,12-13H2,1-3H3. The second kappa shape index (κ2) is 7.85. The normalized spacial score (nSPS) is 10.7. The van der Waals surface area contributed by atoms with Crippen LogP contribution in [-0.4, -0.2) is 23.8 Å². The van der Waals surface area contributed by atoms with E-state index < -0.39 is 0 Å². The number of hydrogen-bond acceptors (Lipinski definition) is 4. The third-order valence-electron chi connectivity index (χ3n) is 4.20. The Hall–Kier alpha value is -2.79. The molecule has 3 aromatic rings. The van der Waals surface area contributed by atoms with Gasteiger partial charge >= 0.3 is 0 Å². The average molecular weight is 337 g/mol. The number of imidazole rings is 1. The summed E-state index contributed by atoms with van der Waals surface area (Å²) in [6.45, 7) is 3.64. The summed E-state index contributed by atoms with van der Waals surface area (Å²) >= 11 is 0. The number of rotatable bonds is 7. The highest BCUT2D eigenvalue weighted by Crippen LogP contribution is 2.30. The van der Waals surface area contributed by atoms with Crippen molar-refractivity contribution in [1.29, 1.82) is 0 Å². The Balaban J connectivity index is 1.66. The average Bonchev–Trinajstić information content (AvgIpc) is 3.17. The Bertz CT molecular complexity index is 829. The van der Waals surface area contributed by atoms with Gasteiger partial charge in [-0.05, 0) is 47.9 Å². The summed E-state index contributed by atoms with van der Waals surface area (Å²) in [7, 11) is 3.31. The minimum Gasteiger partial charge on any atom is -0.493 e. The third-order valence-corrected chi connectivity index (χ3v) is 4.20. The summed E-state index contributed by atoms with van der Waals surface area (Å²) in [5.41, 5.74) is 4.71. The molecule has 0 aliphatic rings. The maximum Gasteiger partial charge on any atom is 0.161 e. The Kier molecular flexibility index (Phi) is 5.36. The fourth-order valence-electron chi connectivity index (χ4n) is 2.79. The molecule has 0 spiro atoms. The largest absolute Gasteiger partial charge is 0.493 e. The molecule has 0 fully saturated rings. The number of hydrogen-bond donors (Lipinski definition) is 1. The van der Waals surface area contributed by atoms with Crippen LogP contribution in [0.15, 0.2) is 55.1 Å². The van der Waals surface area contributed by atoms with E-state index in [9.17, 15) is 0 Å². The van der Waals surface area contributed by atoms with Crippen molar-refractivity contribution in [2.24, 2.45) is 0 Å². The molecule has 3 rings (SSSR count). The van der Waals surface area contributed by atoms with Crippen molar-refractivity contribution < 1.29 is 9.47 Å². The van der Waals surface area contributed by atoms with Crippen molar-refractivity contribution in [3.05, 3.63) is 71.8 Å². The van der Waals surface area contributed by atoms with Gasteiger partial charge in [-0.25, -0.2) is 4.98 Å². The molecular weight excluding hydrogens is 314 g/mol. The number of nitrogens with zero attached hydrogens (tertiary/aromatic N) is 2. The van der Waals surface area contributed by atoms with Crippen LogP contribution in [0, 0.1) is 6.92 Å². The first-order valence-electron chi connectivity index (χ1n) is 8.20. The zero-order valence-electron chi connectivity index (χ0n) is 14.8. The lowest BCUT2D eigenvalue weighted by Crippen LogP contribution is -2.14. The molecule has 0 unspecified atom stereocenters. The van der Waals surface area contributed by atoms with Crippen LogP contribution in [0.1, 0.15) is 16.7 Å². The summed E-state index contributed by atoms with van der Waals surface area (Å²) in [5.74, 6) is 1.52. The van der Waals surface area contributed by atoms with E-state index in [0.717, 1.165) is 30.3 Å². The molecule has 1 aromatic heterocycles. The molecule has 2 aromatic carbocycles. The van der Waals surface area contributed by atoms with Crippen molar-refractivity contribution in [1.82, 2.24) is 14.9 Å². The van der Waals surface area contributed by atoms with Gasteiger partial charge in [-0.1, -0.05) is 12.1 Å². The van der Waals surface area contributed by atoms with Crippen LogP contribution in [0.4, 0.5) is 0 Å². The van der Waals surface area contributed by atoms with Crippen molar-refractivity contribution in [2.75, 3.05) is 14.2 Å². The van der Waals surface area contributed by atoms with Crippen molar-refractivity contribution in [2.45, 2.75) is 20.0 Å². The van der Waals surface area contributed by atoms with Gasteiger partial charge in [-0.2, -0.15) is 0 Å². The van der Waals surface area contributed by atoms with Crippen molar-refractivity contribution in [3.63, 3.8) is 0 Å². The highest BCUT2D eigenvalue weighted by atomic mass is 16.5. The Morgan fingerprint density at radius 2 is 1.84 bits per heavy atom. The van der Waals surface area contributed by atoms with Gasteiger partial charge in [0.25, 0.3) is 0 Å². The maximum absolute atomic E-state index is 5.39. The van der Waals surface area contributed by atoms with Gasteiger partial charge in [0.05, 0.1) is 20.5 Å². The van der Waals surface area contributed by atoms with Gasteiger partial charge < -0.3 is 19.4 Å². The quantitative estimate of drug-likeness (QED) is 0.717. The summed E-state index contributed by atoms with van der Waals surface area (Å²) in [5, 5.41) is 3.50. The zero-order chi connectivity index (χ0) is 17.6. The fourth-order valence-corrected chi connectivity index (χ4v) is 2.79. The van der Waals surface area contributed by atoms with Crippen molar-refractivity contribution >= 4 is 0 Å². The number of aryl methyl sites for hydroxylation is 1. The minimum atomic E-state index is 0.756. The lowest BCUT2D eigenvalue weighted by atomic mass is 10.1. The van der Waals surface area contributed by atoms with Gasteiger partial charge in [0.15, 0.2) is 11.5 Å². The first-order valence-corrected chi connectivity index (χ1v) is 8.20. The Labute approximate surface area is 148 Å². The Morgan fingerprint density at radius 3 is 2.56 bits per heavy atom. The molecule has 1 heterocycles. The van der Waals surface area contributed by atoms with Crippen LogP contribution in [-0.2, 0) is 13.1 Å². The fraction of sp³-hybridized carbons (Fsp3) is 0.250. The number of methoxy groups -OCH3 is 2. The zero-order valence-corrected chi connectivity index (χ0v) is 14.8. The monoisotopic (exact) mass is 337 g/mol. The molecule has 5 heteroatoms. The molecule has 0 aliphatic carbocycles. The highest BCUT2D eigenvalue weighted by molar-refractivity contribution is 5.47. The predicted octanol–water partition coefficient (Wildman–Crippen LogP) is 3.49. The second-order valence-electron chi connectivity index (χ2n) is 5.88. The van der Waals surface area contributed by atoms with E-state index in [1.165, 1.54) is 16.7 Å². The predicted molar refractivity (Wildman–Crippen MR) is 98.4 cm³/mol. The van der Waals surface area contributed by atoms with E-state index in [1.807, 2.05) is 22.9 Å². The molecule has 0 aliphatic heterocycles. The van der Waals surface area contributed by atoms with E-state index in [0.29, 0.717) is 0 Å². The molecule has 25 heavy (non-hydrogen) atoms. The lowest BCUT2D eigenvalue weighted by Gasteiger charge is -2.13. The topological polar surface area (TPSA) is 48.3 Å². The minimum absolute atomic E-state index is 0.756.